The first kappa shape index (κ1) is 18.2. The first-order valence-corrected chi connectivity index (χ1v) is 9.46. The lowest BCUT2D eigenvalue weighted by molar-refractivity contribution is 0.0500. The second-order valence-corrected chi connectivity index (χ2v) is 9.27. The summed E-state index contributed by atoms with van der Waals surface area (Å²) < 4.78 is 5.36. The maximum atomic E-state index is 11.9. The highest BCUT2D eigenvalue weighted by molar-refractivity contribution is 5.67. The molecule has 1 saturated carbocycles. The standard InChI is InChI=1S/C21H32N2O2/c1-20(2,3)25-19(24)22-15-21(4)10-17-13-23(14-18(17)11-21)12-16-8-6-5-7-9-16/h5-9,17-18H,10-15H2,1-4H3,(H,22,24)/t17-,18+,21?. The number of hydrogen-bond acceptors (Lipinski definition) is 3. The minimum absolute atomic E-state index is 0.199. The predicted molar refractivity (Wildman–Crippen MR) is 100 cm³/mol. The summed E-state index contributed by atoms with van der Waals surface area (Å²) in [7, 11) is 0. The molecule has 1 N–H and O–H groups in total. The number of likely N-dealkylation sites (tertiary alicyclic amines) is 1. The molecule has 2 aliphatic rings. The Kier molecular flexibility index (Phi) is 5.10. The highest BCUT2D eigenvalue weighted by atomic mass is 16.6. The normalized spacial score (nSPS) is 29.4. The monoisotopic (exact) mass is 344 g/mol. The van der Waals surface area contributed by atoms with Crippen LogP contribution in [0.2, 0.25) is 0 Å². The van der Waals surface area contributed by atoms with Gasteiger partial charge in [0.05, 0.1) is 0 Å². The first-order chi connectivity index (χ1) is 11.7. The summed E-state index contributed by atoms with van der Waals surface area (Å²) in [5, 5.41) is 2.99. The maximum absolute atomic E-state index is 11.9. The highest BCUT2D eigenvalue weighted by Crippen LogP contribution is 2.48. The van der Waals surface area contributed by atoms with Gasteiger partial charge in [-0.2, -0.15) is 0 Å². The van der Waals surface area contributed by atoms with Gasteiger partial charge in [-0.15, -0.1) is 0 Å². The highest BCUT2D eigenvalue weighted by Gasteiger charge is 2.46. The summed E-state index contributed by atoms with van der Waals surface area (Å²) in [6.45, 7) is 12.1. The Morgan fingerprint density at radius 3 is 2.36 bits per heavy atom. The van der Waals surface area contributed by atoms with Crippen LogP contribution in [-0.4, -0.2) is 36.2 Å². The van der Waals surface area contributed by atoms with Crippen LogP contribution >= 0.6 is 0 Å². The molecule has 3 rings (SSSR count). The van der Waals surface area contributed by atoms with Gasteiger partial charge in [-0.05, 0) is 56.4 Å². The predicted octanol–water partition coefficient (Wildman–Crippen LogP) is 4.06. The fourth-order valence-corrected chi connectivity index (χ4v) is 4.56. The second-order valence-electron chi connectivity index (χ2n) is 9.27. The molecular weight excluding hydrogens is 312 g/mol. The van der Waals surface area contributed by atoms with Crippen LogP contribution in [0.25, 0.3) is 0 Å². The van der Waals surface area contributed by atoms with Gasteiger partial charge in [0, 0.05) is 26.2 Å². The molecule has 1 saturated heterocycles. The van der Waals surface area contributed by atoms with Crippen molar-refractivity contribution in [2.45, 2.75) is 52.7 Å². The van der Waals surface area contributed by atoms with Crippen LogP contribution in [0.3, 0.4) is 0 Å². The number of ether oxygens (including phenoxy) is 1. The molecule has 2 fully saturated rings. The molecule has 4 heteroatoms. The Balaban J connectivity index is 1.46. The van der Waals surface area contributed by atoms with Crippen molar-refractivity contribution >= 4 is 6.09 Å². The third-order valence-electron chi connectivity index (χ3n) is 5.47. The van der Waals surface area contributed by atoms with Crippen LogP contribution in [0.5, 0.6) is 0 Å². The van der Waals surface area contributed by atoms with Crippen LogP contribution in [0.1, 0.15) is 46.1 Å². The van der Waals surface area contributed by atoms with Gasteiger partial charge in [0.15, 0.2) is 0 Å². The summed E-state index contributed by atoms with van der Waals surface area (Å²) in [5.41, 5.74) is 1.16. The molecule has 0 bridgehead atoms. The van der Waals surface area contributed by atoms with Crippen molar-refractivity contribution in [2.24, 2.45) is 17.3 Å². The molecule has 1 aromatic rings. The molecule has 3 atom stereocenters. The largest absolute Gasteiger partial charge is 0.444 e. The molecule has 1 aromatic carbocycles. The molecule has 0 radical (unpaired) electrons. The summed E-state index contributed by atoms with van der Waals surface area (Å²) in [6, 6.07) is 10.7. The van der Waals surface area contributed by atoms with E-state index in [1.165, 1.54) is 31.5 Å². The van der Waals surface area contributed by atoms with E-state index >= 15 is 0 Å². The van der Waals surface area contributed by atoms with E-state index in [2.05, 4.69) is 47.5 Å². The lowest BCUT2D eigenvalue weighted by Crippen LogP contribution is -2.39. The van der Waals surface area contributed by atoms with Crippen molar-refractivity contribution in [1.29, 1.82) is 0 Å². The average molecular weight is 344 g/mol. The smallest absolute Gasteiger partial charge is 0.407 e. The molecule has 1 unspecified atom stereocenters. The topological polar surface area (TPSA) is 41.6 Å². The van der Waals surface area contributed by atoms with E-state index in [-0.39, 0.29) is 11.5 Å². The lowest BCUT2D eigenvalue weighted by Gasteiger charge is -2.28. The quantitative estimate of drug-likeness (QED) is 0.895. The Hall–Kier alpha value is -1.55. The second kappa shape index (κ2) is 6.99. The van der Waals surface area contributed by atoms with Crippen LogP contribution in [-0.2, 0) is 11.3 Å². The molecule has 0 aromatic heterocycles. The molecule has 0 spiro atoms. The lowest BCUT2D eigenvalue weighted by atomic mass is 9.87. The summed E-state index contributed by atoms with van der Waals surface area (Å²) in [5.74, 6) is 1.52. The minimum atomic E-state index is -0.435. The molecule has 4 nitrogen and oxygen atoms in total. The van der Waals surface area contributed by atoms with E-state index in [4.69, 9.17) is 4.74 Å². The van der Waals surface area contributed by atoms with E-state index in [0.29, 0.717) is 6.54 Å². The minimum Gasteiger partial charge on any atom is -0.444 e. The van der Waals surface area contributed by atoms with Crippen molar-refractivity contribution in [3.8, 4) is 0 Å². The number of carbonyl (C=O) groups excluding carboxylic acids is 1. The molecule has 1 heterocycles. The number of rotatable bonds is 4. The van der Waals surface area contributed by atoms with E-state index in [1.807, 2.05) is 20.8 Å². The maximum Gasteiger partial charge on any atom is 0.407 e. The number of carbonyl (C=O) groups is 1. The zero-order valence-electron chi connectivity index (χ0n) is 16.0. The number of alkyl carbamates (subject to hydrolysis) is 1. The molecule has 25 heavy (non-hydrogen) atoms. The average Bonchev–Trinajstić information content (AvgIpc) is 2.99. The SMILES string of the molecule is CC1(CNC(=O)OC(C)(C)C)C[C@H]2CN(Cc3ccccc3)C[C@H]2C1. The van der Waals surface area contributed by atoms with E-state index < -0.39 is 5.60 Å². The fraction of sp³-hybridized carbons (Fsp3) is 0.667. The number of amides is 1. The number of fused-ring (bicyclic) bond motifs is 1. The van der Waals surface area contributed by atoms with Gasteiger partial charge < -0.3 is 10.1 Å². The zero-order chi connectivity index (χ0) is 18.1. The van der Waals surface area contributed by atoms with E-state index in [0.717, 1.165) is 18.4 Å². The number of nitrogens with one attached hydrogen (secondary N) is 1. The van der Waals surface area contributed by atoms with Crippen molar-refractivity contribution in [2.75, 3.05) is 19.6 Å². The van der Waals surface area contributed by atoms with Gasteiger partial charge in [0.2, 0.25) is 0 Å². The van der Waals surface area contributed by atoms with E-state index in [1.54, 1.807) is 0 Å². The number of nitrogens with zero attached hydrogens (tertiary/aromatic N) is 1. The Bertz CT molecular complexity index is 580. The number of hydrogen-bond donors (Lipinski definition) is 1. The molecule has 1 amide bonds. The van der Waals surface area contributed by atoms with Crippen molar-refractivity contribution < 1.29 is 9.53 Å². The van der Waals surface area contributed by atoms with Gasteiger partial charge in [-0.25, -0.2) is 4.79 Å². The summed E-state index contributed by atoms with van der Waals surface area (Å²) in [4.78, 5) is 14.5. The number of benzene rings is 1. The van der Waals surface area contributed by atoms with Crippen LogP contribution in [0.4, 0.5) is 4.79 Å². The Labute approximate surface area is 151 Å². The summed E-state index contributed by atoms with van der Waals surface area (Å²) in [6.07, 6.45) is 2.09. The van der Waals surface area contributed by atoms with Crippen molar-refractivity contribution in [3.05, 3.63) is 35.9 Å². The van der Waals surface area contributed by atoms with Crippen LogP contribution in [0.15, 0.2) is 30.3 Å². The van der Waals surface area contributed by atoms with Gasteiger partial charge >= 0.3 is 6.09 Å². The van der Waals surface area contributed by atoms with Crippen molar-refractivity contribution in [1.82, 2.24) is 10.2 Å². The molecular formula is C21H32N2O2. The van der Waals surface area contributed by atoms with E-state index in [9.17, 15) is 4.79 Å². The van der Waals surface area contributed by atoms with Crippen molar-refractivity contribution in [3.63, 3.8) is 0 Å². The Morgan fingerprint density at radius 2 is 1.80 bits per heavy atom. The fourth-order valence-electron chi connectivity index (χ4n) is 4.56. The third kappa shape index (κ3) is 4.97. The summed E-state index contributed by atoms with van der Waals surface area (Å²) >= 11 is 0. The van der Waals surface area contributed by atoms with Crippen LogP contribution in [0, 0.1) is 17.3 Å². The van der Waals surface area contributed by atoms with Gasteiger partial charge in [-0.3, -0.25) is 4.90 Å². The molecule has 138 valence electrons. The molecule has 1 aliphatic carbocycles. The van der Waals surface area contributed by atoms with Gasteiger partial charge in [-0.1, -0.05) is 37.3 Å². The van der Waals surface area contributed by atoms with Crippen LogP contribution < -0.4 is 5.32 Å². The third-order valence-corrected chi connectivity index (χ3v) is 5.47. The molecule has 1 aliphatic heterocycles. The zero-order valence-corrected chi connectivity index (χ0v) is 16.0. The Morgan fingerprint density at radius 1 is 1.20 bits per heavy atom. The van der Waals surface area contributed by atoms with Gasteiger partial charge in [0.25, 0.3) is 0 Å². The first-order valence-electron chi connectivity index (χ1n) is 9.46. The van der Waals surface area contributed by atoms with Gasteiger partial charge in [0.1, 0.15) is 5.60 Å².